The molecule has 1 amide bonds. The number of amides is 1. The lowest BCUT2D eigenvalue weighted by molar-refractivity contribution is -0.123. The molecule has 390 valence electrons. The van der Waals surface area contributed by atoms with E-state index >= 15 is 0 Å². The summed E-state index contributed by atoms with van der Waals surface area (Å²) >= 11 is 0. The summed E-state index contributed by atoms with van der Waals surface area (Å²) in [6.07, 6.45) is 83.8. The van der Waals surface area contributed by atoms with Crippen LogP contribution < -0.4 is 5.32 Å². The van der Waals surface area contributed by atoms with Crippen LogP contribution in [-0.2, 0) is 4.79 Å². The zero-order chi connectivity index (χ0) is 48.5. The summed E-state index contributed by atoms with van der Waals surface area (Å²) in [6, 6.07) is -0.638. The second kappa shape index (κ2) is 58.1. The Morgan fingerprint density at radius 3 is 1.04 bits per heavy atom. The Labute approximate surface area is 419 Å². The van der Waals surface area contributed by atoms with Crippen molar-refractivity contribution in [1.29, 1.82) is 0 Å². The summed E-state index contributed by atoms with van der Waals surface area (Å²) < 4.78 is 0. The predicted octanol–water partition coefficient (Wildman–Crippen LogP) is 19.8. The lowest BCUT2D eigenvalue weighted by Gasteiger charge is -2.19. The number of nitrogens with one attached hydrogen (secondary N) is 1. The van der Waals surface area contributed by atoms with Gasteiger partial charge in [0.2, 0.25) is 5.91 Å². The van der Waals surface area contributed by atoms with E-state index in [1.165, 1.54) is 225 Å². The molecule has 0 aromatic heterocycles. The number of carbonyl (C=O) groups is 1. The van der Waals surface area contributed by atoms with E-state index in [2.05, 4.69) is 79.9 Å². The molecule has 0 saturated carbocycles. The van der Waals surface area contributed by atoms with Crippen LogP contribution in [0.25, 0.3) is 0 Å². The van der Waals surface area contributed by atoms with Crippen LogP contribution in [0.3, 0.4) is 0 Å². The Bertz CT molecular complexity index is 1150. The number of allylic oxidation sites excluding steroid dienone is 11. The van der Waals surface area contributed by atoms with Gasteiger partial charge in [0.25, 0.3) is 0 Å². The monoisotopic (exact) mass is 934 g/mol. The van der Waals surface area contributed by atoms with Gasteiger partial charge in [0.15, 0.2) is 0 Å². The molecule has 0 aromatic rings. The molecule has 0 radical (unpaired) electrons. The number of unbranched alkanes of at least 4 members (excludes halogenated alkanes) is 37. The first-order chi connectivity index (χ1) is 33.2. The van der Waals surface area contributed by atoms with E-state index in [-0.39, 0.29) is 12.5 Å². The van der Waals surface area contributed by atoms with E-state index in [0.717, 1.165) is 57.8 Å². The average Bonchev–Trinajstić information content (AvgIpc) is 3.33. The smallest absolute Gasteiger partial charge is 0.220 e. The number of carbonyl (C=O) groups excluding carboxylic acids is 1. The third kappa shape index (κ3) is 54.6. The van der Waals surface area contributed by atoms with Crippen molar-refractivity contribution in [3.63, 3.8) is 0 Å². The fourth-order valence-electron chi connectivity index (χ4n) is 8.95. The van der Waals surface area contributed by atoms with Gasteiger partial charge in [-0.15, -0.1) is 0 Å². The molecule has 0 aromatic carbocycles. The summed E-state index contributed by atoms with van der Waals surface area (Å²) in [7, 11) is 0. The highest BCUT2D eigenvalue weighted by Gasteiger charge is 2.18. The predicted molar refractivity (Wildman–Crippen MR) is 299 cm³/mol. The number of rotatable bonds is 54. The van der Waals surface area contributed by atoms with Crippen LogP contribution in [0.15, 0.2) is 72.9 Å². The van der Waals surface area contributed by atoms with Crippen LogP contribution in [0.5, 0.6) is 0 Å². The van der Waals surface area contributed by atoms with E-state index in [4.69, 9.17) is 0 Å². The Morgan fingerprint density at radius 2 is 0.672 bits per heavy atom. The normalized spacial score (nSPS) is 13.3. The second-order valence-corrected chi connectivity index (χ2v) is 20.0. The van der Waals surface area contributed by atoms with Crippen molar-refractivity contribution in [2.45, 2.75) is 315 Å². The molecule has 0 heterocycles. The molecular weight excluding hydrogens is 819 g/mol. The molecule has 2 unspecified atom stereocenters. The molecule has 0 saturated heterocycles. The van der Waals surface area contributed by atoms with Gasteiger partial charge in [-0.05, 0) is 70.6 Å². The van der Waals surface area contributed by atoms with Gasteiger partial charge in [-0.3, -0.25) is 4.79 Å². The van der Waals surface area contributed by atoms with Crippen LogP contribution >= 0.6 is 0 Å². The van der Waals surface area contributed by atoms with Crippen molar-refractivity contribution in [3.05, 3.63) is 72.9 Å². The minimum atomic E-state index is -0.861. The van der Waals surface area contributed by atoms with Crippen molar-refractivity contribution >= 4 is 5.91 Å². The van der Waals surface area contributed by atoms with Crippen LogP contribution in [0.2, 0.25) is 0 Å². The summed E-state index contributed by atoms with van der Waals surface area (Å²) in [4.78, 5) is 12.4. The van der Waals surface area contributed by atoms with Gasteiger partial charge in [0.1, 0.15) is 0 Å². The molecular formula is C63H115NO3. The Kier molecular flexibility index (Phi) is 56.3. The fraction of sp³-hybridized carbons (Fsp3) is 0.794. The fourth-order valence-corrected chi connectivity index (χ4v) is 8.95. The number of aliphatic hydroxyl groups excluding tert-OH is 2. The van der Waals surface area contributed by atoms with Crippen molar-refractivity contribution in [3.8, 4) is 0 Å². The molecule has 0 aliphatic rings. The maximum Gasteiger partial charge on any atom is 0.220 e. The lowest BCUT2D eigenvalue weighted by Crippen LogP contribution is -2.45. The lowest BCUT2D eigenvalue weighted by atomic mass is 10.0. The van der Waals surface area contributed by atoms with Gasteiger partial charge >= 0.3 is 0 Å². The van der Waals surface area contributed by atoms with E-state index in [1.54, 1.807) is 6.08 Å². The Hall–Kier alpha value is -2.17. The van der Waals surface area contributed by atoms with Crippen LogP contribution in [-0.4, -0.2) is 34.9 Å². The highest BCUT2D eigenvalue weighted by Crippen LogP contribution is 2.17. The third-order valence-corrected chi connectivity index (χ3v) is 13.4. The summed E-state index contributed by atoms with van der Waals surface area (Å²) in [5.74, 6) is -0.0704. The summed E-state index contributed by atoms with van der Waals surface area (Å²) in [5.41, 5.74) is 0. The van der Waals surface area contributed by atoms with E-state index in [0.29, 0.717) is 6.42 Å². The Morgan fingerprint density at radius 1 is 0.373 bits per heavy atom. The van der Waals surface area contributed by atoms with Gasteiger partial charge in [-0.2, -0.15) is 0 Å². The molecule has 4 nitrogen and oxygen atoms in total. The first kappa shape index (κ1) is 64.8. The maximum absolute atomic E-state index is 12.4. The standard InChI is InChI=1S/C63H115NO3/c1-3-5-7-9-11-13-15-17-19-20-21-22-23-24-25-26-27-28-29-30-31-32-33-34-35-36-37-38-39-40-41-42-43-44-45-47-49-51-53-55-57-59-63(67)64-61(60-65)62(66)58-56-54-52-50-48-46-18-16-14-12-10-8-6-4-2/h5,7,11,13,17,19,21-22,48,50,56,58,61-62,65-66H,3-4,6,8-10,12,14-16,18,20,23-47,49,51-55,57,59-60H2,1-2H3,(H,64,67)/b7-5-,13-11-,19-17-,22-21-,50-48+,58-56+. The molecule has 4 heteroatoms. The summed E-state index contributed by atoms with van der Waals surface area (Å²) in [6.45, 7) is 4.19. The minimum Gasteiger partial charge on any atom is -0.394 e. The zero-order valence-corrected chi connectivity index (χ0v) is 44.9. The number of hydrogen-bond donors (Lipinski definition) is 3. The van der Waals surface area contributed by atoms with E-state index in [9.17, 15) is 15.0 Å². The first-order valence-corrected chi connectivity index (χ1v) is 29.7. The highest BCUT2D eigenvalue weighted by atomic mass is 16.3. The topological polar surface area (TPSA) is 69.6 Å². The molecule has 0 aliphatic heterocycles. The molecule has 0 spiro atoms. The van der Waals surface area contributed by atoms with Gasteiger partial charge in [0.05, 0.1) is 18.8 Å². The van der Waals surface area contributed by atoms with Crippen LogP contribution in [0, 0.1) is 0 Å². The zero-order valence-electron chi connectivity index (χ0n) is 44.9. The summed E-state index contributed by atoms with van der Waals surface area (Å²) in [5, 5.41) is 23.1. The van der Waals surface area contributed by atoms with Crippen molar-refractivity contribution in [2.75, 3.05) is 6.61 Å². The molecule has 0 bridgehead atoms. The van der Waals surface area contributed by atoms with Gasteiger partial charge in [-0.1, -0.05) is 299 Å². The van der Waals surface area contributed by atoms with Crippen molar-refractivity contribution < 1.29 is 15.0 Å². The Balaban J connectivity index is 3.40. The second-order valence-electron chi connectivity index (χ2n) is 20.0. The molecule has 3 N–H and O–H groups in total. The highest BCUT2D eigenvalue weighted by molar-refractivity contribution is 5.76. The number of aliphatic hydroxyl groups is 2. The van der Waals surface area contributed by atoms with Crippen molar-refractivity contribution in [1.82, 2.24) is 5.32 Å². The number of hydrogen-bond acceptors (Lipinski definition) is 3. The van der Waals surface area contributed by atoms with E-state index in [1.807, 2.05) is 6.08 Å². The largest absolute Gasteiger partial charge is 0.394 e. The molecule has 2 atom stereocenters. The average molecular weight is 935 g/mol. The molecule has 0 rings (SSSR count). The van der Waals surface area contributed by atoms with Crippen LogP contribution in [0.1, 0.15) is 303 Å². The van der Waals surface area contributed by atoms with Crippen LogP contribution in [0.4, 0.5) is 0 Å². The minimum absolute atomic E-state index is 0.0704. The molecule has 67 heavy (non-hydrogen) atoms. The molecule has 0 fully saturated rings. The SMILES string of the molecule is CC/C=C\C/C=C\C/C=C\C/C=C\CCCCCCCCCCCCCCCCCCCCCCCCCCCCCCC(=O)NC(CO)C(O)/C=C/CC/C=C/CCCCCCCCCC. The van der Waals surface area contributed by atoms with Gasteiger partial charge in [-0.25, -0.2) is 0 Å². The van der Waals surface area contributed by atoms with E-state index < -0.39 is 12.1 Å². The van der Waals surface area contributed by atoms with Gasteiger partial charge in [0, 0.05) is 6.42 Å². The van der Waals surface area contributed by atoms with Gasteiger partial charge < -0.3 is 15.5 Å². The quantitative estimate of drug-likeness (QED) is 0.0420. The maximum atomic E-state index is 12.4. The first-order valence-electron chi connectivity index (χ1n) is 29.7. The van der Waals surface area contributed by atoms with Crippen molar-refractivity contribution in [2.24, 2.45) is 0 Å². The third-order valence-electron chi connectivity index (χ3n) is 13.4. The molecule has 0 aliphatic carbocycles.